The van der Waals surface area contributed by atoms with Gasteiger partial charge in [-0.15, -0.1) is 0 Å². The van der Waals surface area contributed by atoms with E-state index in [1.165, 1.54) is 60.8 Å². The molecule has 0 bridgehead atoms. The van der Waals surface area contributed by atoms with Crippen LogP contribution < -0.4 is 31.3 Å². The van der Waals surface area contributed by atoms with Crippen LogP contribution in [0.4, 0.5) is 51.2 Å². The van der Waals surface area contributed by atoms with E-state index in [9.17, 15) is 0 Å². The van der Waals surface area contributed by atoms with Crippen molar-refractivity contribution in [3.63, 3.8) is 0 Å². The number of anilines is 9. The first-order chi connectivity index (χ1) is 37.1. The van der Waals surface area contributed by atoms with Crippen LogP contribution in [-0.4, -0.2) is 6.71 Å². The van der Waals surface area contributed by atoms with E-state index < -0.39 is 0 Å². The Labute approximate surface area is 455 Å². The number of hydrogen-bond acceptors (Lipinski definition) is 4. The maximum atomic E-state index is 7.76. The summed E-state index contributed by atoms with van der Waals surface area (Å²) in [5.74, 6) is 0. The molecule has 77 heavy (non-hydrogen) atoms. The Bertz CT molecular complexity index is 3890. The largest absolute Gasteiger partial charge is 0.468 e. The van der Waals surface area contributed by atoms with Gasteiger partial charge in [0.1, 0.15) is 5.58 Å². The molecule has 0 saturated carbocycles. The van der Waals surface area contributed by atoms with E-state index in [-0.39, 0.29) is 28.4 Å². The lowest BCUT2D eigenvalue weighted by molar-refractivity contribution is 0.332. The second-order valence-corrected chi connectivity index (χ2v) is 25.0. The highest BCUT2D eigenvalue weighted by Crippen LogP contribution is 2.55. The lowest BCUT2D eigenvalue weighted by Gasteiger charge is -2.45. The minimum absolute atomic E-state index is 0.00482. The number of rotatable bonds is 7. The van der Waals surface area contributed by atoms with Crippen LogP contribution in [0.3, 0.4) is 0 Å². The van der Waals surface area contributed by atoms with Gasteiger partial charge >= 0.3 is 0 Å². The fourth-order valence-corrected chi connectivity index (χ4v) is 13.8. The number of nitrogens with zero attached hydrogens (tertiary/aromatic N) is 3. The molecule has 0 amide bonds. The first kappa shape index (κ1) is 47.4. The molecule has 0 radical (unpaired) electrons. The summed E-state index contributed by atoms with van der Waals surface area (Å²) in [6.07, 6.45) is 4.54. The Balaban J connectivity index is 1.13. The number of fused-ring (bicyclic) bond motifs is 8. The third-order valence-electron chi connectivity index (χ3n) is 18.3. The number of para-hydroxylation sites is 2. The fourth-order valence-electron chi connectivity index (χ4n) is 13.8. The van der Waals surface area contributed by atoms with E-state index in [2.05, 4.69) is 276 Å². The molecule has 9 aromatic carbocycles. The molecule has 0 fully saturated rings. The predicted octanol–water partition coefficient (Wildman–Crippen LogP) is 18.0. The molecule has 14 rings (SSSR count). The maximum absolute atomic E-state index is 7.76. The van der Waals surface area contributed by atoms with Gasteiger partial charge in [-0.1, -0.05) is 183 Å². The van der Waals surface area contributed by atoms with Crippen molar-refractivity contribution in [2.45, 2.75) is 103 Å². The molecule has 2 aliphatic carbocycles. The van der Waals surface area contributed by atoms with Crippen molar-refractivity contribution in [2.24, 2.45) is 0 Å². The van der Waals surface area contributed by atoms with E-state index in [0.29, 0.717) is 0 Å². The van der Waals surface area contributed by atoms with Crippen molar-refractivity contribution in [1.29, 1.82) is 0 Å². The summed E-state index contributed by atoms with van der Waals surface area (Å²) in [5.41, 5.74) is 25.0. The van der Waals surface area contributed by atoms with E-state index in [1.807, 2.05) is 0 Å². The highest BCUT2D eigenvalue weighted by molar-refractivity contribution is 7.00. The zero-order valence-corrected chi connectivity index (χ0v) is 45.8. The quantitative estimate of drug-likeness (QED) is 0.148. The van der Waals surface area contributed by atoms with Crippen LogP contribution in [0.25, 0.3) is 33.2 Å². The third-order valence-corrected chi connectivity index (χ3v) is 18.3. The molecule has 1 aromatic heterocycles. The minimum atomic E-state index is -0.237. The lowest BCUT2D eigenvalue weighted by Crippen LogP contribution is -2.61. The zero-order chi connectivity index (χ0) is 52.6. The van der Waals surface area contributed by atoms with Gasteiger partial charge < -0.3 is 19.1 Å². The van der Waals surface area contributed by atoms with Gasteiger partial charge in [0.15, 0.2) is 0 Å². The zero-order valence-electron chi connectivity index (χ0n) is 45.8. The van der Waals surface area contributed by atoms with Gasteiger partial charge in [0, 0.05) is 45.2 Å². The second kappa shape index (κ2) is 17.2. The topological polar surface area (TPSA) is 22.9 Å². The Morgan fingerprint density at radius 3 is 1.44 bits per heavy atom. The number of furan rings is 1. The third kappa shape index (κ3) is 7.55. The molecule has 4 nitrogen and oxygen atoms in total. The van der Waals surface area contributed by atoms with Crippen LogP contribution in [0, 0.1) is 0 Å². The Hall–Kier alpha value is -8.02. The van der Waals surface area contributed by atoms with Crippen molar-refractivity contribution >= 4 is 85.5 Å². The van der Waals surface area contributed by atoms with Crippen LogP contribution in [0.5, 0.6) is 0 Å². The summed E-state index contributed by atoms with van der Waals surface area (Å²) in [4.78, 5) is 7.61. The summed E-state index contributed by atoms with van der Waals surface area (Å²) in [7, 11) is 0. The number of hydrogen-bond donors (Lipinski definition) is 0. The van der Waals surface area contributed by atoms with Crippen molar-refractivity contribution in [3.05, 3.63) is 229 Å². The van der Waals surface area contributed by atoms with E-state index in [0.717, 1.165) is 88.1 Å². The van der Waals surface area contributed by atoms with Gasteiger partial charge in [0.05, 0.1) is 17.0 Å². The van der Waals surface area contributed by atoms with Gasteiger partial charge in [-0.2, -0.15) is 0 Å². The summed E-state index contributed by atoms with van der Waals surface area (Å²) in [5, 5.41) is 1.17. The highest BCUT2D eigenvalue weighted by atomic mass is 16.3. The van der Waals surface area contributed by atoms with Crippen LogP contribution >= 0.6 is 0 Å². The van der Waals surface area contributed by atoms with Gasteiger partial charge in [-0.3, -0.25) is 0 Å². The highest BCUT2D eigenvalue weighted by Gasteiger charge is 2.49. The lowest BCUT2D eigenvalue weighted by atomic mass is 9.35. The summed E-state index contributed by atoms with van der Waals surface area (Å²) in [6.45, 7) is 19.3. The maximum Gasteiger partial charge on any atom is 0.297 e. The van der Waals surface area contributed by atoms with Crippen molar-refractivity contribution in [3.8, 4) is 22.3 Å². The normalized spacial score (nSPS) is 17.0. The van der Waals surface area contributed by atoms with E-state index >= 15 is 0 Å². The predicted molar refractivity (Wildman–Crippen MR) is 326 cm³/mol. The molecule has 0 N–H and O–H groups in total. The Kier molecular flexibility index (Phi) is 10.6. The Morgan fingerprint density at radius 1 is 0.390 bits per heavy atom. The molecule has 0 spiro atoms. The van der Waals surface area contributed by atoms with Crippen LogP contribution in [0.2, 0.25) is 0 Å². The monoisotopic (exact) mass is 1000 g/mol. The molecule has 5 heteroatoms. The molecule has 2 aliphatic heterocycles. The second-order valence-electron chi connectivity index (χ2n) is 25.0. The average molecular weight is 1000 g/mol. The molecular formula is C72H66BN3O. The average Bonchev–Trinajstić information content (AvgIpc) is 4.09. The fraction of sp³-hybridized carbons (Fsp3) is 0.222. The minimum Gasteiger partial charge on any atom is -0.468 e. The van der Waals surface area contributed by atoms with Crippen LogP contribution in [0.15, 0.2) is 211 Å². The van der Waals surface area contributed by atoms with Crippen molar-refractivity contribution < 1.29 is 4.42 Å². The molecular weight excluding hydrogens is 934 g/mol. The van der Waals surface area contributed by atoms with Gasteiger partial charge in [0.2, 0.25) is 0 Å². The number of benzene rings is 9. The van der Waals surface area contributed by atoms with E-state index in [1.54, 1.807) is 0 Å². The summed E-state index contributed by atoms with van der Waals surface area (Å²) < 4.78 is 7.76. The van der Waals surface area contributed by atoms with E-state index in [4.69, 9.17) is 4.42 Å². The molecule has 0 unspecified atom stereocenters. The van der Waals surface area contributed by atoms with Gasteiger partial charge in [-0.05, 0) is 182 Å². The molecule has 10 aromatic rings. The summed E-state index contributed by atoms with van der Waals surface area (Å²) >= 11 is 0. The molecule has 0 atom stereocenters. The Morgan fingerprint density at radius 2 is 0.857 bits per heavy atom. The van der Waals surface area contributed by atoms with Gasteiger partial charge in [0.25, 0.3) is 6.71 Å². The van der Waals surface area contributed by atoms with Crippen LogP contribution in [-0.2, 0) is 21.7 Å². The van der Waals surface area contributed by atoms with Crippen LogP contribution in [0.1, 0.15) is 103 Å². The molecule has 378 valence electrons. The molecule has 3 heterocycles. The summed E-state index contributed by atoms with van der Waals surface area (Å²) in [6, 6.07) is 77.1. The van der Waals surface area contributed by atoms with Crippen molar-refractivity contribution in [1.82, 2.24) is 0 Å². The molecule has 4 aliphatic rings. The first-order valence-electron chi connectivity index (χ1n) is 28.0. The SMILES string of the molecule is CC1(C)CCC(C)(C)c2cc(N3c4cc(N(c5ccccc5)c5ccccc5)cc5c4B(c4cc(-c6ccccc6)ccc4N5c4ccc(-c5ccccc5)cc4)c4oc5cc6c(cc5c43)C(C)(C)CCC6(C)C)ccc21. The first-order valence-corrected chi connectivity index (χ1v) is 28.0. The van der Waals surface area contributed by atoms with Gasteiger partial charge in [-0.25, -0.2) is 0 Å². The molecule has 0 saturated heterocycles. The standard InChI is InChI=1S/C72H66BN3O/c1-69(2)37-38-70(3,4)58-42-54(34-35-57(58)69)76-64-44-55(74(51-25-17-11-18-26-51)52-27-19-12-20-28-52)43-63-66(64)73(68-67(76)56-45-59-60(46-65(56)77-68)72(7,8)40-39-71(59,5)6)61-41-50(48-23-15-10-16-24-48)31-36-62(61)75(63)53-32-29-49(30-33-53)47-21-13-9-14-22-47/h9-36,41-46H,37-40H2,1-8H3. The van der Waals surface area contributed by atoms with Crippen molar-refractivity contribution in [2.75, 3.05) is 14.7 Å². The smallest absolute Gasteiger partial charge is 0.297 e.